The minimum absolute atomic E-state index is 0.102. The van der Waals surface area contributed by atoms with Crippen LogP contribution in [0, 0.1) is 30.6 Å². The van der Waals surface area contributed by atoms with Gasteiger partial charge in [-0.2, -0.15) is 0 Å². The molecular weight excluding hydrogens is 310 g/mol. The molecule has 1 aromatic rings. The molecule has 0 heterocycles. The van der Waals surface area contributed by atoms with Gasteiger partial charge in [0.1, 0.15) is 5.78 Å². The molecule has 0 spiro atoms. The lowest BCUT2D eigenvalue weighted by Crippen LogP contribution is -2.43. The average molecular weight is 335 g/mol. The summed E-state index contributed by atoms with van der Waals surface area (Å²) in [7, 11) is -3.57. The number of carbonyl (C=O) groups excluding carboxylic acids is 1. The SMILES string of the molecule is Cc1cc(C)cc(NS(=O)(=O)CC23CCC(CC2=O)C3(C)C)c1. The summed E-state index contributed by atoms with van der Waals surface area (Å²) in [6.07, 6.45) is 2.18. The Morgan fingerprint density at radius 1 is 1.17 bits per heavy atom. The molecule has 5 heteroatoms. The molecule has 0 saturated heterocycles. The fourth-order valence-corrected chi connectivity index (χ4v) is 6.56. The second-order valence-electron chi connectivity index (χ2n) is 7.90. The molecule has 2 aliphatic carbocycles. The lowest BCUT2D eigenvalue weighted by atomic mass is 9.70. The van der Waals surface area contributed by atoms with Crippen LogP contribution in [0.3, 0.4) is 0 Å². The molecule has 0 aromatic heterocycles. The molecule has 1 aromatic carbocycles. The van der Waals surface area contributed by atoms with Crippen molar-refractivity contribution >= 4 is 21.5 Å². The smallest absolute Gasteiger partial charge is 0.233 e. The van der Waals surface area contributed by atoms with E-state index in [1.54, 1.807) is 0 Å². The Bertz CT molecular complexity index is 746. The van der Waals surface area contributed by atoms with Crippen molar-refractivity contribution in [3.05, 3.63) is 29.3 Å². The highest BCUT2D eigenvalue weighted by molar-refractivity contribution is 7.92. The second-order valence-corrected chi connectivity index (χ2v) is 9.63. The fraction of sp³-hybridized carbons (Fsp3) is 0.611. The van der Waals surface area contributed by atoms with Crippen molar-refractivity contribution in [3.63, 3.8) is 0 Å². The maximum atomic E-state index is 12.7. The van der Waals surface area contributed by atoms with Gasteiger partial charge in [0.2, 0.25) is 10.0 Å². The highest BCUT2D eigenvalue weighted by atomic mass is 32.2. The topological polar surface area (TPSA) is 63.2 Å². The third-order valence-electron chi connectivity index (χ3n) is 6.07. The summed E-state index contributed by atoms with van der Waals surface area (Å²) in [6.45, 7) is 7.99. The molecule has 0 radical (unpaired) electrons. The van der Waals surface area contributed by atoms with Crippen molar-refractivity contribution in [2.45, 2.75) is 47.0 Å². The van der Waals surface area contributed by atoms with Crippen LogP contribution in [0.2, 0.25) is 0 Å². The summed E-state index contributed by atoms with van der Waals surface area (Å²) in [5.74, 6) is 0.353. The summed E-state index contributed by atoms with van der Waals surface area (Å²) < 4.78 is 28.1. The molecule has 2 unspecified atom stereocenters. The van der Waals surface area contributed by atoms with Gasteiger partial charge in [-0.1, -0.05) is 19.9 Å². The van der Waals surface area contributed by atoms with E-state index in [9.17, 15) is 13.2 Å². The van der Waals surface area contributed by atoms with Crippen LogP contribution >= 0.6 is 0 Å². The molecule has 2 fully saturated rings. The Labute approximate surface area is 138 Å². The van der Waals surface area contributed by atoms with Crippen LogP contribution < -0.4 is 4.72 Å². The monoisotopic (exact) mass is 335 g/mol. The summed E-state index contributed by atoms with van der Waals surface area (Å²) in [5, 5.41) is 0. The number of fused-ring (bicyclic) bond motifs is 2. The van der Waals surface area contributed by atoms with Gasteiger partial charge in [0.25, 0.3) is 0 Å². The third kappa shape index (κ3) is 2.59. The minimum atomic E-state index is -3.57. The standard InChI is InChI=1S/C18H25NO3S/c1-12-7-13(2)9-15(8-12)19-23(21,22)11-18-6-5-14(10-16(18)20)17(18,3)4/h7-9,14,19H,5-6,10-11H2,1-4H3. The maximum absolute atomic E-state index is 12.7. The first-order valence-electron chi connectivity index (χ1n) is 8.18. The van der Waals surface area contributed by atoms with Crippen LogP contribution in [0.1, 0.15) is 44.2 Å². The van der Waals surface area contributed by atoms with Gasteiger partial charge in [0.05, 0.1) is 11.2 Å². The zero-order chi connectivity index (χ0) is 17.0. The van der Waals surface area contributed by atoms with Crippen molar-refractivity contribution < 1.29 is 13.2 Å². The number of benzene rings is 1. The van der Waals surface area contributed by atoms with Gasteiger partial charge in [-0.15, -0.1) is 0 Å². The zero-order valence-corrected chi connectivity index (χ0v) is 15.1. The fourth-order valence-electron chi connectivity index (χ4n) is 4.68. The highest BCUT2D eigenvalue weighted by Crippen LogP contribution is 2.64. The van der Waals surface area contributed by atoms with Crippen molar-refractivity contribution in [2.75, 3.05) is 10.5 Å². The third-order valence-corrected chi connectivity index (χ3v) is 7.49. The molecular formula is C18H25NO3S. The van der Waals surface area contributed by atoms with Crippen molar-refractivity contribution in [2.24, 2.45) is 16.7 Å². The van der Waals surface area contributed by atoms with E-state index in [2.05, 4.69) is 18.6 Å². The lowest BCUT2D eigenvalue weighted by Gasteiger charge is -2.36. The number of anilines is 1. The van der Waals surface area contributed by atoms with Gasteiger partial charge in [-0.25, -0.2) is 8.42 Å². The number of nitrogens with one attached hydrogen (secondary N) is 1. The normalized spacial score (nSPS) is 29.0. The van der Waals surface area contributed by atoms with Crippen molar-refractivity contribution in [3.8, 4) is 0 Å². The summed E-state index contributed by atoms with van der Waals surface area (Å²) in [4.78, 5) is 12.5. The van der Waals surface area contributed by atoms with E-state index in [-0.39, 0.29) is 17.0 Å². The Morgan fingerprint density at radius 2 is 1.78 bits per heavy atom. The van der Waals surface area contributed by atoms with Gasteiger partial charge in [0, 0.05) is 12.1 Å². The molecule has 0 amide bonds. The van der Waals surface area contributed by atoms with Crippen LogP contribution in [-0.2, 0) is 14.8 Å². The molecule has 3 rings (SSSR count). The number of hydrogen-bond acceptors (Lipinski definition) is 3. The summed E-state index contributed by atoms with van der Waals surface area (Å²) >= 11 is 0. The van der Waals surface area contributed by atoms with Gasteiger partial charge >= 0.3 is 0 Å². The van der Waals surface area contributed by atoms with E-state index >= 15 is 0 Å². The van der Waals surface area contributed by atoms with Crippen LogP contribution in [0.5, 0.6) is 0 Å². The number of carbonyl (C=O) groups is 1. The van der Waals surface area contributed by atoms with Crippen LogP contribution in [0.4, 0.5) is 5.69 Å². The Morgan fingerprint density at radius 3 is 2.26 bits per heavy atom. The molecule has 1 N–H and O–H groups in total. The lowest BCUT2D eigenvalue weighted by molar-refractivity contribution is -0.128. The number of Topliss-reactive ketones (excluding diaryl/α,β-unsaturated/α-hetero) is 1. The molecule has 2 atom stereocenters. The molecule has 126 valence electrons. The predicted octanol–water partition coefficient (Wildman–Crippen LogP) is 3.44. The molecule has 2 saturated carbocycles. The maximum Gasteiger partial charge on any atom is 0.233 e. The molecule has 2 aliphatic rings. The van der Waals surface area contributed by atoms with Crippen molar-refractivity contribution in [1.82, 2.24) is 0 Å². The quantitative estimate of drug-likeness (QED) is 0.917. The first-order valence-corrected chi connectivity index (χ1v) is 9.83. The van der Waals surface area contributed by atoms with E-state index in [0.717, 1.165) is 17.5 Å². The number of rotatable bonds is 4. The minimum Gasteiger partial charge on any atom is -0.299 e. The number of hydrogen-bond donors (Lipinski definition) is 1. The molecule has 2 bridgehead atoms. The summed E-state index contributed by atoms with van der Waals surface area (Å²) in [6, 6.07) is 5.64. The zero-order valence-electron chi connectivity index (χ0n) is 14.3. The van der Waals surface area contributed by atoms with Gasteiger partial charge in [0.15, 0.2) is 0 Å². The van der Waals surface area contributed by atoms with E-state index < -0.39 is 15.4 Å². The number of aryl methyl sites for hydroxylation is 2. The first-order chi connectivity index (χ1) is 10.6. The van der Waals surface area contributed by atoms with Gasteiger partial charge in [-0.05, 0) is 61.3 Å². The molecule has 0 aliphatic heterocycles. The Balaban J connectivity index is 1.88. The van der Waals surface area contributed by atoms with E-state index in [4.69, 9.17) is 0 Å². The highest BCUT2D eigenvalue weighted by Gasteiger charge is 2.65. The number of sulfonamides is 1. The largest absolute Gasteiger partial charge is 0.299 e. The first kappa shape index (κ1) is 16.5. The number of ketones is 1. The van der Waals surface area contributed by atoms with E-state index in [0.29, 0.717) is 24.4 Å². The van der Waals surface area contributed by atoms with E-state index in [1.807, 2.05) is 32.0 Å². The Kier molecular flexibility index (Phi) is 3.63. The average Bonchev–Trinajstić information content (AvgIpc) is 2.70. The summed E-state index contributed by atoms with van der Waals surface area (Å²) in [5.41, 5.74) is 1.65. The molecule has 23 heavy (non-hydrogen) atoms. The predicted molar refractivity (Wildman–Crippen MR) is 91.9 cm³/mol. The molecule has 4 nitrogen and oxygen atoms in total. The van der Waals surface area contributed by atoms with Crippen LogP contribution in [0.15, 0.2) is 18.2 Å². The van der Waals surface area contributed by atoms with E-state index in [1.165, 1.54) is 0 Å². The van der Waals surface area contributed by atoms with Crippen LogP contribution in [-0.4, -0.2) is 20.0 Å². The van der Waals surface area contributed by atoms with Gasteiger partial charge < -0.3 is 0 Å². The Hall–Kier alpha value is -1.36. The van der Waals surface area contributed by atoms with Crippen molar-refractivity contribution in [1.29, 1.82) is 0 Å². The second kappa shape index (κ2) is 5.07. The van der Waals surface area contributed by atoms with Gasteiger partial charge in [-0.3, -0.25) is 9.52 Å². The van der Waals surface area contributed by atoms with Crippen LogP contribution in [0.25, 0.3) is 0 Å².